The normalized spacial score (nSPS) is 12.1. The minimum atomic E-state index is -1.25. The lowest BCUT2D eigenvalue weighted by Crippen LogP contribution is -2.50. The lowest BCUT2D eigenvalue weighted by atomic mass is 9.99. The van der Waals surface area contributed by atoms with Gasteiger partial charge >= 0.3 is 0 Å². The molecule has 0 fully saturated rings. The molecule has 0 saturated carbocycles. The summed E-state index contributed by atoms with van der Waals surface area (Å²) in [5.74, 6) is -0.687. The lowest BCUT2D eigenvalue weighted by molar-refractivity contribution is -0.128. The van der Waals surface area contributed by atoms with Crippen LogP contribution in [0.2, 0.25) is 0 Å². The van der Waals surface area contributed by atoms with Gasteiger partial charge in [-0.25, -0.2) is 9.07 Å². The maximum atomic E-state index is 14.5. The van der Waals surface area contributed by atoms with Gasteiger partial charge in [-0.05, 0) is 68.8 Å². The van der Waals surface area contributed by atoms with Crippen LogP contribution >= 0.6 is 0 Å². The number of fused-ring (bicyclic) bond motifs is 1. The molecule has 0 radical (unpaired) electrons. The number of methoxy groups -OCH3 is 3. The van der Waals surface area contributed by atoms with E-state index < -0.39 is 29.2 Å². The molecule has 10 nitrogen and oxygen atoms in total. The summed E-state index contributed by atoms with van der Waals surface area (Å²) in [5, 5.41) is 11.2. The van der Waals surface area contributed by atoms with Gasteiger partial charge in [0.05, 0.1) is 26.8 Å². The molecule has 2 amide bonds. The quantitative estimate of drug-likeness (QED) is 0.332. The van der Waals surface area contributed by atoms with E-state index in [-0.39, 0.29) is 12.2 Å². The monoisotopic (exact) mass is 549 g/mol. The van der Waals surface area contributed by atoms with Crippen molar-refractivity contribution in [3.05, 3.63) is 72.0 Å². The summed E-state index contributed by atoms with van der Waals surface area (Å²) in [7, 11) is 4.38. The summed E-state index contributed by atoms with van der Waals surface area (Å²) in [6, 6.07) is 14.6. The van der Waals surface area contributed by atoms with Gasteiger partial charge in [0.15, 0.2) is 11.5 Å². The first kappa shape index (κ1) is 28.3. The third-order valence-corrected chi connectivity index (χ3v) is 6.07. The number of para-hydroxylation sites is 1. The number of nitrogens with zero attached hydrogens (tertiary/aromatic N) is 4. The highest BCUT2D eigenvalue weighted by Gasteiger charge is 2.36. The maximum Gasteiger partial charge on any atom is 0.249 e. The summed E-state index contributed by atoms with van der Waals surface area (Å²) < 4.78 is 32.5. The second kappa shape index (κ2) is 11.6. The Morgan fingerprint density at radius 2 is 1.65 bits per heavy atom. The van der Waals surface area contributed by atoms with Crippen LogP contribution in [0.1, 0.15) is 32.4 Å². The van der Waals surface area contributed by atoms with E-state index in [4.69, 9.17) is 14.2 Å². The van der Waals surface area contributed by atoms with Crippen molar-refractivity contribution in [3.63, 3.8) is 0 Å². The Balaban J connectivity index is 1.92. The first-order valence-corrected chi connectivity index (χ1v) is 12.5. The average molecular weight is 550 g/mol. The number of nitrogens with one attached hydrogen (secondary N) is 1. The van der Waals surface area contributed by atoms with Crippen molar-refractivity contribution in [1.29, 1.82) is 0 Å². The van der Waals surface area contributed by atoms with Gasteiger partial charge in [0.2, 0.25) is 17.6 Å². The third-order valence-electron chi connectivity index (χ3n) is 6.07. The standard InChI is InChI=1S/C29H32FN5O5/c1-29(2,3)31-28(37)26(18-14-23(38-4)27(40-6)24(15-18)39-5)35(20-11-9-10-19(30)16-20)25(36)17-34-22-13-8-7-12-21(22)32-33-34/h7-16,26H,17H2,1-6H3,(H,31,37). The molecular formula is C29H32FN5O5. The summed E-state index contributed by atoms with van der Waals surface area (Å²) in [5.41, 5.74) is 1.14. The van der Waals surface area contributed by atoms with E-state index in [2.05, 4.69) is 15.6 Å². The number of aromatic nitrogens is 3. The number of hydrogen-bond donors (Lipinski definition) is 1. The minimum Gasteiger partial charge on any atom is -0.493 e. The average Bonchev–Trinajstić information content (AvgIpc) is 3.32. The van der Waals surface area contributed by atoms with Crippen LogP contribution < -0.4 is 24.4 Å². The molecule has 4 aromatic rings. The van der Waals surface area contributed by atoms with E-state index in [0.717, 1.165) is 0 Å². The molecule has 1 heterocycles. The number of amides is 2. The summed E-state index contributed by atoms with van der Waals surface area (Å²) in [6.45, 7) is 5.22. The Bertz CT molecular complexity index is 1510. The molecule has 11 heteroatoms. The van der Waals surface area contributed by atoms with Gasteiger partial charge < -0.3 is 19.5 Å². The molecule has 210 valence electrons. The van der Waals surface area contributed by atoms with Gasteiger partial charge in [0.25, 0.3) is 0 Å². The Hall–Kier alpha value is -4.67. The summed E-state index contributed by atoms with van der Waals surface area (Å²) >= 11 is 0. The van der Waals surface area contributed by atoms with Gasteiger partial charge in [-0.2, -0.15) is 0 Å². The molecule has 0 aliphatic rings. The van der Waals surface area contributed by atoms with Crippen LogP contribution in [-0.2, 0) is 16.1 Å². The third kappa shape index (κ3) is 5.98. The molecule has 40 heavy (non-hydrogen) atoms. The van der Waals surface area contributed by atoms with Crippen LogP contribution in [0, 0.1) is 5.82 Å². The fourth-order valence-corrected chi connectivity index (χ4v) is 4.42. The van der Waals surface area contributed by atoms with E-state index in [0.29, 0.717) is 33.8 Å². The van der Waals surface area contributed by atoms with Crippen LogP contribution in [-0.4, -0.2) is 53.7 Å². The van der Waals surface area contributed by atoms with Gasteiger partial charge in [0.1, 0.15) is 23.9 Å². The van der Waals surface area contributed by atoms with Crippen molar-refractivity contribution in [3.8, 4) is 17.2 Å². The van der Waals surface area contributed by atoms with E-state index in [9.17, 15) is 14.0 Å². The van der Waals surface area contributed by atoms with Crippen molar-refractivity contribution < 1.29 is 28.2 Å². The van der Waals surface area contributed by atoms with E-state index in [1.165, 1.54) is 49.1 Å². The van der Waals surface area contributed by atoms with Crippen molar-refractivity contribution in [2.24, 2.45) is 0 Å². The number of anilines is 1. The number of benzene rings is 3. The van der Waals surface area contributed by atoms with E-state index >= 15 is 0 Å². The molecule has 0 bridgehead atoms. The fourth-order valence-electron chi connectivity index (χ4n) is 4.42. The van der Waals surface area contributed by atoms with Crippen LogP contribution in [0.15, 0.2) is 60.7 Å². The number of rotatable bonds is 9. The van der Waals surface area contributed by atoms with Crippen LogP contribution in [0.4, 0.5) is 10.1 Å². The lowest BCUT2D eigenvalue weighted by Gasteiger charge is -2.34. The molecule has 3 aromatic carbocycles. The molecule has 0 aliphatic carbocycles. The Morgan fingerprint density at radius 1 is 0.975 bits per heavy atom. The topological polar surface area (TPSA) is 108 Å². The van der Waals surface area contributed by atoms with Crippen molar-refractivity contribution in [2.75, 3.05) is 26.2 Å². The molecule has 1 unspecified atom stereocenters. The zero-order valence-electron chi connectivity index (χ0n) is 23.3. The zero-order chi connectivity index (χ0) is 29.0. The molecule has 1 aromatic heterocycles. The Kier molecular flexibility index (Phi) is 8.22. The molecule has 1 N–H and O–H groups in total. The highest BCUT2D eigenvalue weighted by atomic mass is 19.1. The van der Waals surface area contributed by atoms with Gasteiger partial charge in [-0.15, -0.1) is 5.10 Å². The fraction of sp³-hybridized carbons (Fsp3) is 0.310. The van der Waals surface area contributed by atoms with Crippen molar-refractivity contribution in [2.45, 2.75) is 38.9 Å². The van der Waals surface area contributed by atoms with E-state index in [1.54, 1.807) is 30.3 Å². The number of halogens is 1. The highest BCUT2D eigenvalue weighted by molar-refractivity contribution is 6.02. The van der Waals surface area contributed by atoms with E-state index in [1.807, 2.05) is 32.9 Å². The SMILES string of the molecule is COc1cc(C(C(=O)NC(C)(C)C)N(C(=O)Cn2nnc3ccccc32)c2cccc(F)c2)cc(OC)c1OC. The summed E-state index contributed by atoms with van der Waals surface area (Å²) in [4.78, 5) is 29.4. The predicted molar refractivity (Wildman–Crippen MR) is 148 cm³/mol. The largest absolute Gasteiger partial charge is 0.493 e. The minimum absolute atomic E-state index is 0.178. The zero-order valence-corrected chi connectivity index (χ0v) is 23.3. The first-order chi connectivity index (χ1) is 19.1. The number of carbonyl (C=O) groups excluding carboxylic acids is 2. The molecule has 0 saturated heterocycles. The number of carbonyl (C=O) groups is 2. The first-order valence-electron chi connectivity index (χ1n) is 12.5. The molecular weight excluding hydrogens is 517 g/mol. The van der Waals surface area contributed by atoms with Gasteiger partial charge in [-0.3, -0.25) is 14.5 Å². The van der Waals surface area contributed by atoms with Crippen LogP contribution in [0.5, 0.6) is 17.2 Å². The molecule has 0 aliphatic heterocycles. The second-order valence-electron chi connectivity index (χ2n) is 10.1. The Labute approximate surface area is 231 Å². The van der Waals surface area contributed by atoms with Crippen molar-refractivity contribution >= 4 is 28.5 Å². The second-order valence-corrected chi connectivity index (χ2v) is 10.1. The number of ether oxygens (including phenoxy) is 3. The smallest absolute Gasteiger partial charge is 0.249 e. The van der Waals surface area contributed by atoms with Crippen molar-refractivity contribution in [1.82, 2.24) is 20.3 Å². The summed E-state index contributed by atoms with van der Waals surface area (Å²) in [6.07, 6.45) is 0. The van der Waals surface area contributed by atoms with Gasteiger partial charge in [0, 0.05) is 11.2 Å². The Morgan fingerprint density at radius 3 is 2.25 bits per heavy atom. The van der Waals surface area contributed by atoms with Gasteiger partial charge in [-0.1, -0.05) is 23.4 Å². The molecule has 0 spiro atoms. The predicted octanol–water partition coefficient (Wildman–Crippen LogP) is 4.29. The maximum absolute atomic E-state index is 14.5. The molecule has 1 atom stereocenters. The van der Waals surface area contributed by atoms with Crippen LogP contribution in [0.3, 0.4) is 0 Å². The molecule has 4 rings (SSSR count). The highest BCUT2D eigenvalue weighted by Crippen LogP contribution is 2.42. The number of hydrogen-bond acceptors (Lipinski definition) is 7. The van der Waals surface area contributed by atoms with Crippen LogP contribution in [0.25, 0.3) is 11.0 Å².